The molecule has 0 saturated carbocycles. The lowest BCUT2D eigenvalue weighted by Crippen LogP contribution is -2.44. The first kappa shape index (κ1) is 19.6. The molecule has 132 valence electrons. The van der Waals surface area contributed by atoms with E-state index in [2.05, 4.69) is 10.6 Å². The number of nitrogens with one attached hydrogen (secondary N) is 2. The van der Waals surface area contributed by atoms with Gasteiger partial charge in [-0.1, -0.05) is 11.6 Å². The summed E-state index contributed by atoms with van der Waals surface area (Å²) in [5.41, 5.74) is 0.0790. The number of benzene rings is 1. The summed E-state index contributed by atoms with van der Waals surface area (Å²) in [6.07, 6.45) is -1.17. The maximum Gasteiger partial charge on any atom is 0.339 e. The van der Waals surface area contributed by atoms with Gasteiger partial charge in [0, 0.05) is 6.54 Å². The second-order valence-corrected chi connectivity index (χ2v) is 5.00. The van der Waals surface area contributed by atoms with Crippen molar-refractivity contribution < 1.29 is 28.6 Å². The molecular weight excluding hydrogens is 340 g/mol. The smallest absolute Gasteiger partial charge is 0.339 e. The zero-order valence-electron chi connectivity index (χ0n) is 13.8. The van der Waals surface area contributed by atoms with E-state index in [1.165, 1.54) is 33.3 Å². The molecule has 0 heterocycles. The van der Waals surface area contributed by atoms with Crippen molar-refractivity contribution in [3.63, 3.8) is 0 Å². The Kier molecular flexibility index (Phi) is 7.31. The fourth-order valence-corrected chi connectivity index (χ4v) is 2.02. The maximum absolute atomic E-state index is 12.1. The van der Waals surface area contributed by atoms with Crippen LogP contribution in [0.4, 0.5) is 4.79 Å². The molecule has 0 aliphatic heterocycles. The van der Waals surface area contributed by atoms with E-state index in [1.54, 1.807) is 6.92 Å². The Labute approximate surface area is 144 Å². The highest BCUT2D eigenvalue weighted by Crippen LogP contribution is 2.36. The van der Waals surface area contributed by atoms with Gasteiger partial charge in [-0.3, -0.25) is 10.1 Å². The summed E-state index contributed by atoms with van der Waals surface area (Å²) >= 11 is 6.02. The molecule has 0 aromatic heterocycles. The molecule has 2 N–H and O–H groups in total. The lowest BCUT2D eigenvalue weighted by Gasteiger charge is -2.15. The minimum absolute atomic E-state index is 0.0790. The van der Waals surface area contributed by atoms with Gasteiger partial charge in [-0.25, -0.2) is 9.59 Å². The normalized spacial score (nSPS) is 11.2. The Morgan fingerprint density at radius 3 is 2.42 bits per heavy atom. The van der Waals surface area contributed by atoms with E-state index in [0.717, 1.165) is 0 Å². The third-order valence-corrected chi connectivity index (χ3v) is 3.18. The average Bonchev–Trinajstić information content (AvgIpc) is 2.53. The highest BCUT2D eigenvalue weighted by molar-refractivity contribution is 6.32. The Hall–Kier alpha value is -2.48. The van der Waals surface area contributed by atoms with E-state index in [4.69, 9.17) is 25.8 Å². The van der Waals surface area contributed by atoms with E-state index < -0.39 is 24.0 Å². The van der Waals surface area contributed by atoms with Crippen LogP contribution in [0.1, 0.15) is 24.2 Å². The Morgan fingerprint density at radius 2 is 1.88 bits per heavy atom. The Balaban J connectivity index is 2.82. The second-order valence-electron chi connectivity index (χ2n) is 4.59. The number of hydrogen-bond acceptors (Lipinski definition) is 6. The summed E-state index contributed by atoms with van der Waals surface area (Å²) in [6, 6.07) is 2.04. The summed E-state index contributed by atoms with van der Waals surface area (Å²) in [7, 11) is 2.81. The van der Waals surface area contributed by atoms with E-state index in [9.17, 15) is 14.4 Å². The number of hydrogen-bond donors (Lipinski definition) is 2. The Bertz CT molecular complexity index is 635. The molecule has 0 fully saturated rings. The van der Waals surface area contributed by atoms with Crippen molar-refractivity contribution in [2.75, 3.05) is 20.8 Å². The van der Waals surface area contributed by atoms with Crippen molar-refractivity contribution in [1.82, 2.24) is 10.6 Å². The fourth-order valence-electron chi connectivity index (χ4n) is 1.74. The average molecular weight is 359 g/mol. The van der Waals surface area contributed by atoms with Crippen LogP contribution >= 0.6 is 11.6 Å². The molecule has 1 aromatic rings. The third-order valence-electron chi connectivity index (χ3n) is 2.90. The van der Waals surface area contributed by atoms with E-state index in [1.807, 2.05) is 0 Å². The van der Waals surface area contributed by atoms with E-state index in [0.29, 0.717) is 6.54 Å². The van der Waals surface area contributed by atoms with Crippen LogP contribution in [0.2, 0.25) is 5.02 Å². The summed E-state index contributed by atoms with van der Waals surface area (Å²) < 4.78 is 15.2. The van der Waals surface area contributed by atoms with E-state index >= 15 is 0 Å². The highest BCUT2D eigenvalue weighted by atomic mass is 35.5. The molecule has 0 saturated heterocycles. The molecule has 8 nitrogen and oxygen atoms in total. The number of halogens is 1. The van der Waals surface area contributed by atoms with Crippen LogP contribution in [0.3, 0.4) is 0 Å². The minimum Gasteiger partial charge on any atom is -0.493 e. The van der Waals surface area contributed by atoms with Gasteiger partial charge in [-0.05, 0) is 26.0 Å². The molecule has 0 bridgehead atoms. The number of amides is 3. The first-order chi connectivity index (χ1) is 11.3. The lowest BCUT2D eigenvalue weighted by atomic mass is 10.2. The number of imide groups is 1. The predicted octanol–water partition coefficient (Wildman–Crippen LogP) is 1.75. The number of ether oxygens (including phenoxy) is 3. The molecule has 1 rings (SSSR count). The van der Waals surface area contributed by atoms with Crippen LogP contribution in [0.25, 0.3) is 0 Å². The van der Waals surface area contributed by atoms with Crippen molar-refractivity contribution >= 4 is 29.5 Å². The molecule has 9 heteroatoms. The summed E-state index contributed by atoms with van der Waals surface area (Å²) in [6.45, 7) is 3.40. The summed E-state index contributed by atoms with van der Waals surface area (Å²) in [4.78, 5) is 35.2. The molecule has 1 atom stereocenters. The van der Waals surface area contributed by atoms with Crippen LogP contribution in [0, 0.1) is 0 Å². The van der Waals surface area contributed by atoms with Gasteiger partial charge in [-0.2, -0.15) is 0 Å². The summed E-state index contributed by atoms with van der Waals surface area (Å²) in [5.74, 6) is -1.02. The molecule has 0 radical (unpaired) electrons. The largest absolute Gasteiger partial charge is 0.493 e. The monoisotopic (exact) mass is 358 g/mol. The van der Waals surface area contributed by atoms with Gasteiger partial charge < -0.3 is 19.5 Å². The quantitative estimate of drug-likeness (QED) is 0.751. The number of urea groups is 1. The molecule has 1 unspecified atom stereocenters. The highest BCUT2D eigenvalue weighted by Gasteiger charge is 2.22. The van der Waals surface area contributed by atoms with Crippen molar-refractivity contribution in [3.8, 4) is 11.5 Å². The van der Waals surface area contributed by atoms with Crippen molar-refractivity contribution in [1.29, 1.82) is 0 Å². The minimum atomic E-state index is -1.17. The van der Waals surface area contributed by atoms with Gasteiger partial charge in [0.05, 0.1) is 24.8 Å². The van der Waals surface area contributed by atoms with Crippen LogP contribution in [-0.4, -0.2) is 44.8 Å². The Morgan fingerprint density at radius 1 is 1.21 bits per heavy atom. The van der Waals surface area contributed by atoms with Crippen molar-refractivity contribution in [2.24, 2.45) is 0 Å². The molecule has 1 aromatic carbocycles. The number of methoxy groups -OCH3 is 2. The van der Waals surface area contributed by atoms with Gasteiger partial charge in [0.25, 0.3) is 5.91 Å². The number of esters is 1. The van der Waals surface area contributed by atoms with Crippen LogP contribution < -0.4 is 20.1 Å². The zero-order valence-corrected chi connectivity index (χ0v) is 14.5. The maximum atomic E-state index is 12.1. The molecule has 0 aliphatic carbocycles. The second kappa shape index (κ2) is 8.97. The van der Waals surface area contributed by atoms with Crippen molar-refractivity contribution in [3.05, 3.63) is 22.7 Å². The number of carbonyl (C=O) groups excluding carboxylic acids is 3. The molecule has 0 aliphatic rings. The first-order valence-corrected chi connectivity index (χ1v) is 7.43. The predicted molar refractivity (Wildman–Crippen MR) is 86.6 cm³/mol. The molecular formula is C15H19ClN2O6. The van der Waals surface area contributed by atoms with E-state index in [-0.39, 0.29) is 22.1 Å². The molecule has 24 heavy (non-hydrogen) atoms. The van der Waals surface area contributed by atoms with Crippen LogP contribution in [0.5, 0.6) is 11.5 Å². The molecule has 3 amide bonds. The first-order valence-electron chi connectivity index (χ1n) is 7.05. The number of rotatable bonds is 6. The summed E-state index contributed by atoms with van der Waals surface area (Å²) in [5, 5.41) is 4.60. The van der Waals surface area contributed by atoms with Crippen LogP contribution in [0.15, 0.2) is 12.1 Å². The van der Waals surface area contributed by atoms with Gasteiger partial charge in [0.1, 0.15) is 0 Å². The topological polar surface area (TPSA) is 103 Å². The SMILES string of the molecule is CCNC(=O)NC(=O)C(C)OC(=O)c1cc(Cl)c(OC)c(OC)c1. The van der Waals surface area contributed by atoms with Crippen molar-refractivity contribution in [2.45, 2.75) is 20.0 Å². The van der Waals surface area contributed by atoms with Gasteiger partial charge in [0.2, 0.25) is 0 Å². The van der Waals surface area contributed by atoms with Crippen LogP contribution in [-0.2, 0) is 9.53 Å². The lowest BCUT2D eigenvalue weighted by molar-refractivity contribution is -0.127. The fraction of sp³-hybridized carbons (Fsp3) is 0.400. The molecule has 0 spiro atoms. The van der Waals surface area contributed by atoms with Gasteiger partial charge in [-0.15, -0.1) is 0 Å². The number of carbonyl (C=O) groups is 3. The van der Waals surface area contributed by atoms with Gasteiger partial charge >= 0.3 is 12.0 Å². The zero-order chi connectivity index (χ0) is 18.3. The van der Waals surface area contributed by atoms with Gasteiger partial charge in [0.15, 0.2) is 17.6 Å². The standard InChI is InChI=1S/C15H19ClN2O6/c1-5-17-15(21)18-13(19)8(2)24-14(20)9-6-10(16)12(23-4)11(7-9)22-3/h6-8H,5H2,1-4H3,(H2,17,18,19,21). The third kappa shape index (κ3) is 5.02.